The van der Waals surface area contributed by atoms with Gasteiger partial charge in [0.25, 0.3) is 0 Å². The van der Waals surface area contributed by atoms with Crippen LogP contribution in [0.25, 0.3) is 0 Å². The van der Waals surface area contributed by atoms with Crippen molar-refractivity contribution >= 4 is 11.6 Å². The minimum Gasteiger partial charge on any atom is -0.373 e. The normalized spacial score (nSPS) is 20.3. The summed E-state index contributed by atoms with van der Waals surface area (Å²) in [5.41, 5.74) is 1.10. The molecule has 1 aliphatic heterocycles. The second-order valence-electron chi connectivity index (χ2n) is 5.22. The SMILES string of the molecule is CCN1CCCC(Nc2nc(C)nc(NC)c2C)C1. The molecule has 0 amide bonds. The van der Waals surface area contributed by atoms with E-state index in [1.54, 1.807) is 0 Å². The molecule has 1 aromatic heterocycles. The van der Waals surface area contributed by atoms with Crippen molar-refractivity contribution in [1.82, 2.24) is 14.9 Å². The Kier molecular flexibility index (Phi) is 4.58. The van der Waals surface area contributed by atoms with E-state index in [9.17, 15) is 0 Å². The highest BCUT2D eigenvalue weighted by molar-refractivity contribution is 5.57. The van der Waals surface area contributed by atoms with Gasteiger partial charge in [-0.2, -0.15) is 0 Å². The Balaban J connectivity index is 2.12. The van der Waals surface area contributed by atoms with E-state index in [1.807, 2.05) is 14.0 Å². The van der Waals surface area contributed by atoms with Gasteiger partial charge >= 0.3 is 0 Å². The predicted octanol–water partition coefficient (Wildman–Crippen LogP) is 2.03. The lowest BCUT2D eigenvalue weighted by atomic mass is 10.1. The maximum atomic E-state index is 4.55. The fourth-order valence-corrected chi connectivity index (χ4v) is 2.67. The summed E-state index contributed by atoms with van der Waals surface area (Å²) >= 11 is 0. The van der Waals surface area contributed by atoms with Gasteiger partial charge in [-0.3, -0.25) is 0 Å². The fourth-order valence-electron chi connectivity index (χ4n) is 2.67. The van der Waals surface area contributed by atoms with Crippen LogP contribution in [-0.2, 0) is 0 Å². The number of anilines is 2. The molecule has 0 aliphatic carbocycles. The molecule has 2 N–H and O–H groups in total. The lowest BCUT2D eigenvalue weighted by Gasteiger charge is -2.33. The minimum absolute atomic E-state index is 0.492. The van der Waals surface area contributed by atoms with Crippen molar-refractivity contribution in [3.8, 4) is 0 Å². The molecule has 2 heterocycles. The van der Waals surface area contributed by atoms with Crippen molar-refractivity contribution in [2.75, 3.05) is 37.3 Å². The number of likely N-dealkylation sites (tertiary alicyclic amines) is 1. The zero-order chi connectivity index (χ0) is 13.8. The fraction of sp³-hybridized carbons (Fsp3) is 0.714. The topological polar surface area (TPSA) is 53.1 Å². The molecule has 5 nitrogen and oxygen atoms in total. The van der Waals surface area contributed by atoms with Gasteiger partial charge in [0.1, 0.15) is 17.5 Å². The summed E-state index contributed by atoms with van der Waals surface area (Å²) in [5.74, 6) is 2.69. The first kappa shape index (κ1) is 14.1. The van der Waals surface area contributed by atoms with E-state index in [0.29, 0.717) is 6.04 Å². The minimum atomic E-state index is 0.492. The highest BCUT2D eigenvalue weighted by atomic mass is 15.2. The average molecular weight is 263 g/mol. The molecule has 1 atom stereocenters. The van der Waals surface area contributed by atoms with Crippen LogP contribution < -0.4 is 10.6 Å². The van der Waals surface area contributed by atoms with Gasteiger partial charge in [0.15, 0.2) is 0 Å². The molecular formula is C14H25N5. The van der Waals surface area contributed by atoms with Crippen LogP contribution in [0.2, 0.25) is 0 Å². The Morgan fingerprint density at radius 1 is 1.26 bits per heavy atom. The Bertz CT molecular complexity index is 432. The van der Waals surface area contributed by atoms with Crippen LogP contribution in [0, 0.1) is 13.8 Å². The standard InChI is InChI=1S/C14H25N5/c1-5-19-8-6-7-12(9-19)18-14-10(2)13(15-4)16-11(3)17-14/h12H,5-9H2,1-4H3,(H2,15,16,17,18). The van der Waals surface area contributed by atoms with Gasteiger partial charge in [-0.1, -0.05) is 6.92 Å². The number of nitrogens with zero attached hydrogens (tertiary/aromatic N) is 3. The molecule has 1 aliphatic rings. The number of hydrogen-bond donors (Lipinski definition) is 2. The number of piperidine rings is 1. The van der Waals surface area contributed by atoms with Crippen LogP contribution in [0.15, 0.2) is 0 Å². The summed E-state index contributed by atoms with van der Waals surface area (Å²) in [6.45, 7) is 9.67. The summed E-state index contributed by atoms with van der Waals surface area (Å²) in [6, 6.07) is 0.492. The van der Waals surface area contributed by atoms with E-state index >= 15 is 0 Å². The molecule has 1 fully saturated rings. The van der Waals surface area contributed by atoms with Gasteiger partial charge in [0.2, 0.25) is 0 Å². The molecule has 1 aromatic rings. The average Bonchev–Trinajstić information content (AvgIpc) is 2.42. The lowest BCUT2D eigenvalue weighted by molar-refractivity contribution is 0.226. The smallest absolute Gasteiger partial charge is 0.135 e. The lowest BCUT2D eigenvalue weighted by Crippen LogP contribution is -2.42. The third-order valence-electron chi connectivity index (χ3n) is 3.79. The third kappa shape index (κ3) is 3.35. The van der Waals surface area contributed by atoms with Crippen molar-refractivity contribution in [3.63, 3.8) is 0 Å². The van der Waals surface area contributed by atoms with E-state index in [-0.39, 0.29) is 0 Å². The van der Waals surface area contributed by atoms with Crippen LogP contribution in [-0.4, -0.2) is 47.6 Å². The molecule has 1 saturated heterocycles. The van der Waals surface area contributed by atoms with Crippen molar-refractivity contribution < 1.29 is 0 Å². The highest BCUT2D eigenvalue weighted by Crippen LogP contribution is 2.22. The summed E-state index contributed by atoms with van der Waals surface area (Å²) in [5, 5.41) is 6.73. The molecule has 0 radical (unpaired) electrons. The Labute approximate surface area is 115 Å². The van der Waals surface area contributed by atoms with Gasteiger partial charge < -0.3 is 15.5 Å². The number of likely N-dealkylation sites (N-methyl/N-ethyl adjacent to an activating group) is 1. The summed E-state index contributed by atoms with van der Waals surface area (Å²) in [4.78, 5) is 11.4. The number of aromatic nitrogens is 2. The zero-order valence-electron chi connectivity index (χ0n) is 12.5. The Morgan fingerprint density at radius 3 is 2.68 bits per heavy atom. The van der Waals surface area contributed by atoms with E-state index in [2.05, 4.69) is 39.3 Å². The maximum Gasteiger partial charge on any atom is 0.135 e. The first-order valence-corrected chi connectivity index (χ1v) is 7.16. The maximum absolute atomic E-state index is 4.55. The van der Waals surface area contributed by atoms with Crippen LogP contribution in [0.5, 0.6) is 0 Å². The number of hydrogen-bond acceptors (Lipinski definition) is 5. The van der Waals surface area contributed by atoms with Crippen LogP contribution in [0.4, 0.5) is 11.6 Å². The summed E-state index contributed by atoms with van der Waals surface area (Å²) in [7, 11) is 1.90. The van der Waals surface area contributed by atoms with E-state index in [4.69, 9.17) is 0 Å². The van der Waals surface area contributed by atoms with Crippen LogP contribution in [0.3, 0.4) is 0 Å². The highest BCUT2D eigenvalue weighted by Gasteiger charge is 2.20. The van der Waals surface area contributed by atoms with Crippen LogP contribution in [0.1, 0.15) is 31.2 Å². The summed E-state index contributed by atoms with van der Waals surface area (Å²) < 4.78 is 0. The van der Waals surface area contributed by atoms with E-state index < -0.39 is 0 Å². The van der Waals surface area contributed by atoms with Gasteiger partial charge in [-0.25, -0.2) is 9.97 Å². The first-order chi connectivity index (χ1) is 9.13. The number of nitrogens with one attached hydrogen (secondary N) is 2. The second-order valence-corrected chi connectivity index (χ2v) is 5.22. The van der Waals surface area contributed by atoms with Gasteiger partial charge in [-0.05, 0) is 39.8 Å². The number of rotatable bonds is 4. The van der Waals surface area contributed by atoms with Gasteiger partial charge in [0.05, 0.1) is 0 Å². The Hall–Kier alpha value is -1.36. The summed E-state index contributed by atoms with van der Waals surface area (Å²) in [6.07, 6.45) is 2.47. The monoisotopic (exact) mass is 263 g/mol. The molecule has 5 heteroatoms. The van der Waals surface area contributed by atoms with E-state index in [1.165, 1.54) is 19.4 Å². The quantitative estimate of drug-likeness (QED) is 0.870. The number of aryl methyl sites for hydroxylation is 1. The molecule has 0 spiro atoms. The van der Waals surface area contributed by atoms with Crippen molar-refractivity contribution in [2.45, 2.75) is 39.7 Å². The third-order valence-corrected chi connectivity index (χ3v) is 3.79. The Morgan fingerprint density at radius 2 is 2.00 bits per heavy atom. The second kappa shape index (κ2) is 6.19. The predicted molar refractivity (Wildman–Crippen MR) is 79.8 cm³/mol. The molecule has 1 unspecified atom stereocenters. The van der Waals surface area contributed by atoms with Crippen molar-refractivity contribution in [1.29, 1.82) is 0 Å². The largest absolute Gasteiger partial charge is 0.373 e. The molecule has 19 heavy (non-hydrogen) atoms. The molecular weight excluding hydrogens is 238 g/mol. The van der Waals surface area contributed by atoms with Crippen molar-refractivity contribution in [2.24, 2.45) is 0 Å². The zero-order valence-corrected chi connectivity index (χ0v) is 12.5. The molecule has 0 aromatic carbocycles. The molecule has 0 saturated carbocycles. The van der Waals surface area contributed by atoms with Gasteiger partial charge in [-0.15, -0.1) is 0 Å². The van der Waals surface area contributed by atoms with Crippen molar-refractivity contribution in [3.05, 3.63) is 11.4 Å². The molecule has 0 bridgehead atoms. The molecule has 2 rings (SSSR count). The van der Waals surface area contributed by atoms with Crippen LogP contribution >= 0.6 is 0 Å². The van der Waals surface area contributed by atoms with Gasteiger partial charge in [0, 0.05) is 25.2 Å². The molecule has 106 valence electrons. The van der Waals surface area contributed by atoms with E-state index in [0.717, 1.165) is 36.1 Å². The first-order valence-electron chi connectivity index (χ1n) is 7.16.